The molecule has 144 valence electrons. The van der Waals surface area contributed by atoms with Crippen molar-refractivity contribution in [2.24, 2.45) is 4.99 Å². The number of hydrogen-bond donors (Lipinski definition) is 1. The highest BCUT2D eigenvalue weighted by Gasteiger charge is 2.40. The number of morpholine rings is 1. The van der Waals surface area contributed by atoms with E-state index < -0.39 is 0 Å². The Balaban J connectivity index is 1.95. The second-order valence-corrected chi connectivity index (χ2v) is 7.95. The molecule has 2 heterocycles. The molecule has 0 radical (unpaired) electrons. The summed E-state index contributed by atoms with van der Waals surface area (Å²) in [5.41, 5.74) is -0.211. The third-order valence-electron chi connectivity index (χ3n) is 5.08. The van der Waals surface area contributed by atoms with Gasteiger partial charge in [-0.05, 0) is 34.6 Å². The summed E-state index contributed by atoms with van der Waals surface area (Å²) in [6, 6.07) is 0.613. The minimum absolute atomic E-state index is 0.162. The van der Waals surface area contributed by atoms with E-state index in [1.165, 1.54) is 0 Å². The Bertz CT molecular complexity index is 486. The normalized spacial score (nSPS) is 24.0. The van der Waals surface area contributed by atoms with Gasteiger partial charge in [0.2, 0.25) is 5.91 Å². The van der Waals surface area contributed by atoms with Crippen molar-refractivity contribution in [1.29, 1.82) is 0 Å². The fourth-order valence-electron chi connectivity index (χ4n) is 4.03. The molecule has 25 heavy (non-hydrogen) atoms. The van der Waals surface area contributed by atoms with E-state index in [9.17, 15) is 4.79 Å². The van der Waals surface area contributed by atoms with Gasteiger partial charge in [0, 0.05) is 45.3 Å². The van der Waals surface area contributed by atoms with E-state index in [4.69, 9.17) is 4.74 Å². The van der Waals surface area contributed by atoms with Gasteiger partial charge in [0.05, 0.1) is 25.3 Å². The number of amides is 1. The number of piperazine rings is 1. The fourth-order valence-corrected chi connectivity index (χ4v) is 4.03. The van der Waals surface area contributed by atoms with Crippen LogP contribution in [0, 0.1) is 0 Å². The van der Waals surface area contributed by atoms with E-state index in [0.717, 1.165) is 45.4 Å². The second kappa shape index (κ2) is 8.36. The molecule has 1 N–H and O–H groups in total. The molecule has 0 spiro atoms. The van der Waals surface area contributed by atoms with Gasteiger partial charge >= 0.3 is 0 Å². The van der Waals surface area contributed by atoms with Crippen molar-refractivity contribution in [1.82, 2.24) is 20.0 Å². The molecule has 1 unspecified atom stereocenters. The summed E-state index contributed by atoms with van der Waals surface area (Å²) in [4.78, 5) is 23.6. The van der Waals surface area contributed by atoms with E-state index in [1.807, 2.05) is 4.90 Å². The maximum Gasteiger partial charge on any atom is 0.242 e. The van der Waals surface area contributed by atoms with Crippen molar-refractivity contribution >= 4 is 11.9 Å². The van der Waals surface area contributed by atoms with Crippen LogP contribution in [0.25, 0.3) is 0 Å². The first kappa shape index (κ1) is 20.0. The average Bonchev–Trinajstić information content (AvgIpc) is 2.54. The molecule has 2 saturated heterocycles. The van der Waals surface area contributed by atoms with Gasteiger partial charge in [0.1, 0.15) is 0 Å². The molecule has 2 aliphatic rings. The summed E-state index contributed by atoms with van der Waals surface area (Å²) in [5, 5.41) is 3.46. The zero-order valence-corrected chi connectivity index (χ0v) is 16.7. The molecule has 0 saturated carbocycles. The Hall–Kier alpha value is -1.34. The number of carbonyl (C=O) groups is 1. The third kappa shape index (κ3) is 4.85. The van der Waals surface area contributed by atoms with E-state index in [-0.39, 0.29) is 17.5 Å². The molecule has 0 aromatic heterocycles. The number of nitrogens with one attached hydrogen (secondary N) is 1. The quantitative estimate of drug-likeness (QED) is 0.593. The molecule has 0 bridgehead atoms. The van der Waals surface area contributed by atoms with Crippen molar-refractivity contribution < 1.29 is 9.53 Å². The first-order chi connectivity index (χ1) is 11.8. The Morgan fingerprint density at radius 2 is 1.92 bits per heavy atom. The maximum absolute atomic E-state index is 12.6. The van der Waals surface area contributed by atoms with Gasteiger partial charge < -0.3 is 19.9 Å². The molecular formula is C18H35N5O2. The summed E-state index contributed by atoms with van der Waals surface area (Å²) in [5.74, 6) is 0.973. The number of carbonyl (C=O) groups excluding carboxylic acids is 1. The van der Waals surface area contributed by atoms with Crippen LogP contribution in [-0.4, -0.2) is 97.2 Å². The van der Waals surface area contributed by atoms with Crippen LogP contribution in [0.5, 0.6) is 0 Å². The van der Waals surface area contributed by atoms with Crippen LogP contribution in [0.1, 0.15) is 34.6 Å². The lowest BCUT2D eigenvalue weighted by atomic mass is 9.96. The van der Waals surface area contributed by atoms with E-state index >= 15 is 0 Å². The Labute approximate surface area is 152 Å². The topological polar surface area (TPSA) is 60.4 Å². The van der Waals surface area contributed by atoms with Crippen LogP contribution in [0.3, 0.4) is 0 Å². The van der Waals surface area contributed by atoms with Crippen LogP contribution in [-0.2, 0) is 9.53 Å². The van der Waals surface area contributed by atoms with E-state index in [1.54, 1.807) is 7.05 Å². The van der Waals surface area contributed by atoms with Crippen molar-refractivity contribution in [2.45, 2.75) is 52.2 Å². The number of ether oxygens (including phenoxy) is 1. The first-order valence-electron chi connectivity index (χ1n) is 9.36. The van der Waals surface area contributed by atoms with Crippen molar-refractivity contribution in [3.05, 3.63) is 0 Å². The van der Waals surface area contributed by atoms with Gasteiger partial charge in [0.15, 0.2) is 5.96 Å². The van der Waals surface area contributed by atoms with Crippen LogP contribution in [0.2, 0.25) is 0 Å². The van der Waals surface area contributed by atoms with Gasteiger partial charge in [-0.15, -0.1) is 0 Å². The lowest BCUT2D eigenvalue weighted by Gasteiger charge is -2.49. The van der Waals surface area contributed by atoms with Gasteiger partial charge in [-0.3, -0.25) is 14.7 Å². The van der Waals surface area contributed by atoms with Crippen molar-refractivity contribution in [2.75, 3.05) is 53.0 Å². The Morgan fingerprint density at radius 1 is 1.28 bits per heavy atom. The van der Waals surface area contributed by atoms with Crippen molar-refractivity contribution in [3.8, 4) is 0 Å². The lowest BCUT2D eigenvalue weighted by molar-refractivity contribution is -0.145. The van der Waals surface area contributed by atoms with Crippen LogP contribution >= 0.6 is 0 Å². The SMILES string of the molecule is CN=C(NCC(C)N1CCOCC1)N1CC(=O)N(C(C)C)C(C)(C)C1. The number of nitrogens with zero attached hydrogens (tertiary/aromatic N) is 4. The van der Waals surface area contributed by atoms with Gasteiger partial charge in [-0.25, -0.2) is 0 Å². The molecule has 0 aliphatic carbocycles. The van der Waals surface area contributed by atoms with Crippen LogP contribution < -0.4 is 5.32 Å². The standard InChI is InChI=1S/C18H35N5O2/c1-14(2)23-16(24)12-22(13-18(23,4)5)17(19-6)20-11-15(3)21-7-9-25-10-8-21/h14-15H,7-13H2,1-6H3,(H,19,20). The molecule has 0 aromatic rings. The predicted molar refractivity (Wildman–Crippen MR) is 101 cm³/mol. The number of guanidine groups is 1. The summed E-state index contributed by atoms with van der Waals surface area (Å²) in [6.07, 6.45) is 0. The van der Waals surface area contributed by atoms with Gasteiger partial charge in [-0.2, -0.15) is 0 Å². The molecular weight excluding hydrogens is 318 g/mol. The second-order valence-electron chi connectivity index (χ2n) is 7.95. The minimum atomic E-state index is -0.211. The highest BCUT2D eigenvalue weighted by molar-refractivity contribution is 5.88. The molecule has 2 aliphatic heterocycles. The zero-order valence-electron chi connectivity index (χ0n) is 16.7. The Morgan fingerprint density at radius 3 is 2.44 bits per heavy atom. The largest absolute Gasteiger partial charge is 0.379 e. The van der Waals surface area contributed by atoms with E-state index in [0.29, 0.717) is 12.6 Å². The molecule has 2 fully saturated rings. The molecule has 2 rings (SSSR count). The summed E-state index contributed by atoms with van der Waals surface area (Å²) >= 11 is 0. The van der Waals surface area contributed by atoms with Crippen LogP contribution in [0.15, 0.2) is 4.99 Å². The summed E-state index contributed by atoms with van der Waals surface area (Å²) < 4.78 is 5.42. The highest BCUT2D eigenvalue weighted by Crippen LogP contribution is 2.24. The smallest absolute Gasteiger partial charge is 0.242 e. The number of hydrogen-bond acceptors (Lipinski definition) is 4. The predicted octanol–water partition coefficient (Wildman–Crippen LogP) is 0.614. The zero-order chi connectivity index (χ0) is 18.6. The molecule has 1 amide bonds. The van der Waals surface area contributed by atoms with Crippen molar-refractivity contribution in [3.63, 3.8) is 0 Å². The first-order valence-corrected chi connectivity index (χ1v) is 9.36. The lowest BCUT2D eigenvalue weighted by Crippen LogP contribution is -2.66. The van der Waals surface area contributed by atoms with Crippen LogP contribution in [0.4, 0.5) is 0 Å². The summed E-state index contributed by atoms with van der Waals surface area (Å²) in [6.45, 7) is 16.1. The average molecular weight is 354 g/mol. The number of rotatable bonds is 4. The number of aliphatic imine (C=N–C) groups is 1. The third-order valence-corrected chi connectivity index (χ3v) is 5.08. The van der Waals surface area contributed by atoms with Gasteiger partial charge in [-0.1, -0.05) is 0 Å². The summed E-state index contributed by atoms with van der Waals surface area (Å²) in [7, 11) is 1.79. The Kier molecular flexibility index (Phi) is 6.68. The molecule has 7 heteroatoms. The highest BCUT2D eigenvalue weighted by atomic mass is 16.5. The fraction of sp³-hybridized carbons (Fsp3) is 0.889. The monoisotopic (exact) mass is 353 g/mol. The molecule has 1 atom stereocenters. The van der Waals surface area contributed by atoms with E-state index in [2.05, 4.69) is 54.7 Å². The molecule has 0 aromatic carbocycles. The molecule has 7 nitrogen and oxygen atoms in total. The minimum Gasteiger partial charge on any atom is -0.379 e. The van der Waals surface area contributed by atoms with Gasteiger partial charge in [0.25, 0.3) is 0 Å². The maximum atomic E-state index is 12.6.